The molecule has 2 aromatic rings. The molecule has 0 saturated heterocycles. The molecule has 1 aliphatic carbocycles. The highest BCUT2D eigenvalue weighted by atomic mass is 16.6. The number of non-ortho nitro benzene ring substituents is 1. The van der Waals surface area contributed by atoms with Crippen LogP contribution in [0, 0.1) is 16.0 Å². The number of hydrogen-bond donors (Lipinski definition) is 2. The summed E-state index contributed by atoms with van der Waals surface area (Å²) in [6, 6.07) is 13.0. The Morgan fingerprint density at radius 2 is 1.96 bits per heavy atom. The van der Waals surface area contributed by atoms with Gasteiger partial charge in [-0.15, -0.1) is 0 Å². The van der Waals surface area contributed by atoms with Gasteiger partial charge in [-0.1, -0.05) is 24.3 Å². The van der Waals surface area contributed by atoms with E-state index in [0.717, 1.165) is 23.4 Å². The zero-order chi connectivity index (χ0) is 16.0. The molecule has 0 fully saturated rings. The summed E-state index contributed by atoms with van der Waals surface area (Å²) in [7, 11) is 0. The number of benzene rings is 2. The number of fused-ring (bicyclic) bond motifs is 3. The van der Waals surface area contributed by atoms with Crippen molar-refractivity contribution in [1.29, 1.82) is 0 Å². The number of nitrogens with two attached hydrogens (primary N) is 1. The molecule has 5 heteroatoms. The fourth-order valence-electron chi connectivity index (χ4n) is 3.75. The quantitative estimate of drug-likeness (QED) is 0.380. The van der Waals surface area contributed by atoms with Crippen LogP contribution in [0.1, 0.15) is 29.5 Å². The summed E-state index contributed by atoms with van der Waals surface area (Å²) < 4.78 is 0. The van der Waals surface area contributed by atoms with Crippen molar-refractivity contribution in [3.05, 3.63) is 75.9 Å². The van der Waals surface area contributed by atoms with Crippen LogP contribution in [0.5, 0.6) is 0 Å². The molecule has 0 amide bonds. The minimum absolute atomic E-state index is 0.124. The second kappa shape index (κ2) is 5.12. The van der Waals surface area contributed by atoms with Crippen molar-refractivity contribution in [3.8, 4) is 0 Å². The highest BCUT2D eigenvalue weighted by Crippen LogP contribution is 2.50. The van der Waals surface area contributed by atoms with E-state index in [1.54, 1.807) is 12.1 Å². The summed E-state index contributed by atoms with van der Waals surface area (Å²) in [4.78, 5) is 10.5. The summed E-state index contributed by atoms with van der Waals surface area (Å²) in [5, 5.41) is 14.4. The Hall–Kier alpha value is -2.82. The number of anilines is 2. The highest BCUT2D eigenvalue weighted by molar-refractivity contribution is 5.64. The predicted molar refractivity (Wildman–Crippen MR) is 90.3 cm³/mol. The normalized spacial score (nSPS) is 24.6. The number of nitro groups is 1. The average molecular weight is 307 g/mol. The third kappa shape index (κ3) is 2.25. The molecule has 4 rings (SSSR count). The highest BCUT2D eigenvalue weighted by Gasteiger charge is 2.37. The van der Waals surface area contributed by atoms with Crippen molar-refractivity contribution in [3.63, 3.8) is 0 Å². The summed E-state index contributed by atoms with van der Waals surface area (Å²) in [6.45, 7) is 0. The van der Waals surface area contributed by atoms with Crippen molar-refractivity contribution < 1.29 is 4.92 Å². The van der Waals surface area contributed by atoms with E-state index in [1.807, 2.05) is 30.3 Å². The van der Waals surface area contributed by atoms with Gasteiger partial charge in [-0.25, -0.2) is 0 Å². The van der Waals surface area contributed by atoms with Gasteiger partial charge in [0.1, 0.15) is 0 Å². The van der Waals surface area contributed by atoms with Gasteiger partial charge in [0.05, 0.1) is 11.0 Å². The molecule has 0 radical (unpaired) electrons. The third-order valence-corrected chi connectivity index (χ3v) is 4.85. The molecule has 3 N–H and O–H groups in total. The fourth-order valence-corrected chi connectivity index (χ4v) is 3.75. The van der Waals surface area contributed by atoms with Crippen molar-refractivity contribution >= 4 is 17.1 Å². The standard InChI is InChI=1S/C18H17N3O2/c19-12-6-9-17-16(10-12)14-2-1-3-15(14)18(20-17)11-4-7-13(8-5-11)21(22)23/h1-2,4-10,14-15,18,20H,3,19H2/t14-,15+,18-/m1/s1. The maximum atomic E-state index is 10.8. The van der Waals surface area contributed by atoms with E-state index in [9.17, 15) is 10.1 Å². The van der Waals surface area contributed by atoms with Crippen molar-refractivity contribution in [2.75, 3.05) is 11.1 Å². The van der Waals surface area contributed by atoms with E-state index in [2.05, 4.69) is 17.5 Å². The van der Waals surface area contributed by atoms with Crippen LogP contribution < -0.4 is 11.1 Å². The van der Waals surface area contributed by atoms with Crippen LogP contribution in [-0.4, -0.2) is 4.92 Å². The Bertz CT molecular complexity index is 798. The molecule has 2 aliphatic rings. The Labute approximate surface area is 134 Å². The second-order valence-corrected chi connectivity index (χ2v) is 6.17. The first-order valence-electron chi connectivity index (χ1n) is 7.70. The molecule has 2 aromatic carbocycles. The maximum absolute atomic E-state index is 10.8. The Morgan fingerprint density at radius 1 is 1.17 bits per heavy atom. The molecule has 116 valence electrons. The molecule has 0 unspecified atom stereocenters. The van der Waals surface area contributed by atoms with Gasteiger partial charge in [0.15, 0.2) is 0 Å². The topological polar surface area (TPSA) is 81.2 Å². The first kappa shape index (κ1) is 13.8. The van der Waals surface area contributed by atoms with E-state index in [0.29, 0.717) is 11.8 Å². The Balaban J connectivity index is 1.73. The van der Waals surface area contributed by atoms with Gasteiger partial charge in [0.25, 0.3) is 5.69 Å². The van der Waals surface area contributed by atoms with E-state index >= 15 is 0 Å². The molecule has 0 saturated carbocycles. The minimum Gasteiger partial charge on any atom is -0.399 e. The molecule has 1 aliphatic heterocycles. The lowest BCUT2D eigenvalue weighted by atomic mass is 9.77. The maximum Gasteiger partial charge on any atom is 0.269 e. The predicted octanol–water partition coefficient (Wildman–Crippen LogP) is 4.00. The molecular weight excluding hydrogens is 290 g/mol. The fraction of sp³-hybridized carbons (Fsp3) is 0.222. The Morgan fingerprint density at radius 3 is 2.70 bits per heavy atom. The molecule has 3 atom stereocenters. The zero-order valence-corrected chi connectivity index (χ0v) is 12.5. The van der Waals surface area contributed by atoms with Crippen molar-refractivity contribution in [2.45, 2.75) is 18.4 Å². The molecular formula is C18H17N3O2. The van der Waals surface area contributed by atoms with E-state index in [1.165, 1.54) is 5.56 Å². The van der Waals surface area contributed by atoms with E-state index in [-0.39, 0.29) is 16.7 Å². The summed E-state index contributed by atoms with van der Waals surface area (Å²) >= 11 is 0. The number of nitrogen functional groups attached to an aromatic ring is 1. The first-order valence-corrected chi connectivity index (χ1v) is 7.70. The summed E-state index contributed by atoms with van der Waals surface area (Å²) in [6.07, 6.45) is 5.46. The number of nitro benzene ring substituents is 1. The van der Waals surface area contributed by atoms with Gasteiger partial charge >= 0.3 is 0 Å². The summed E-state index contributed by atoms with van der Waals surface area (Å²) in [5.74, 6) is 0.751. The number of allylic oxidation sites excluding steroid dienone is 2. The number of hydrogen-bond acceptors (Lipinski definition) is 4. The number of nitrogens with zero attached hydrogens (tertiary/aromatic N) is 1. The lowest BCUT2D eigenvalue weighted by molar-refractivity contribution is -0.384. The van der Waals surface area contributed by atoms with Gasteiger partial charge < -0.3 is 11.1 Å². The SMILES string of the molecule is Nc1ccc2c(c1)[C@@H]1C=CC[C@@H]1[C@@H](c1ccc([N+](=O)[O-])cc1)N2. The van der Waals surface area contributed by atoms with Gasteiger partial charge in [-0.05, 0) is 41.7 Å². The monoisotopic (exact) mass is 307 g/mol. The Kier molecular flexibility index (Phi) is 3.08. The second-order valence-electron chi connectivity index (χ2n) is 6.17. The van der Waals surface area contributed by atoms with Gasteiger partial charge in [-0.3, -0.25) is 10.1 Å². The van der Waals surface area contributed by atoms with Crippen LogP contribution in [0.25, 0.3) is 0 Å². The molecule has 1 heterocycles. The molecule has 0 aromatic heterocycles. The first-order chi connectivity index (χ1) is 11.1. The van der Waals surface area contributed by atoms with Crippen LogP contribution >= 0.6 is 0 Å². The largest absolute Gasteiger partial charge is 0.399 e. The van der Waals surface area contributed by atoms with Crippen molar-refractivity contribution in [1.82, 2.24) is 0 Å². The lowest BCUT2D eigenvalue weighted by Gasteiger charge is -2.37. The average Bonchev–Trinajstić information content (AvgIpc) is 3.04. The van der Waals surface area contributed by atoms with Crippen LogP contribution in [0.15, 0.2) is 54.6 Å². The molecule has 0 bridgehead atoms. The summed E-state index contributed by atoms with van der Waals surface area (Å²) in [5.41, 5.74) is 10.3. The smallest absolute Gasteiger partial charge is 0.269 e. The van der Waals surface area contributed by atoms with Crippen LogP contribution in [0.4, 0.5) is 17.1 Å². The van der Waals surface area contributed by atoms with E-state index < -0.39 is 0 Å². The number of rotatable bonds is 2. The minimum atomic E-state index is -0.365. The van der Waals surface area contributed by atoms with Gasteiger partial charge in [0, 0.05) is 29.4 Å². The van der Waals surface area contributed by atoms with Crippen LogP contribution in [-0.2, 0) is 0 Å². The molecule has 0 spiro atoms. The zero-order valence-electron chi connectivity index (χ0n) is 12.5. The van der Waals surface area contributed by atoms with Gasteiger partial charge in [-0.2, -0.15) is 0 Å². The van der Waals surface area contributed by atoms with Crippen molar-refractivity contribution in [2.24, 2.45) is 5.92 Å². The number of nitrogens with one attached hydrogen (secondary N) is 1. The lowest BCUT2D eigenvalue weighted by Crippen LogP contribution is -2.29. The van der Waals surface area contributed by atoms with Gasteiger partial charge in [0.2, 0.25) is 0 Å². The molecule has 5 nitrogen and oxygen atoms in total. The van der Waals surface area contributed by atoms with E-state index in [4.69, 9.17) is 5.73 Å². The van der Waals surface area contributed by atoms with Crippen LogP contribution in [0.3, 0.4) is 0 Å². The molecule has 23 heavy (non-hydrogen) atoms. The third-order valence-electron chi connectivity index (χ3n) is 4.85. The van der Waals surface area contributed by atoms with Crippen LogP contribution in [0.2, 0.25) is 0 Å².